The first-order valence-corrected chi connectivity index (χ1v) is 9.07. The molecule has 3 aromatic carbocycles. The van der Waals surface area contributed by atoms with E-state index in [4.69, 9.17) is 26.1 Å². The molecule has 0 fully saturated rings. The molecule has 0 saturated carbocycles. The van der Waals surface area contributed by atoms with Crippen molar-refractivity contribution in [2.75, 3.05) is 19.5 Å². The Labute approximate surface area is 167 Å². The lowest BCUT2D eigenvalue weighted by atomic mass is 10.1. The molecule has 0 aliphatic carbocycles. The van der Waals surface area contributed by atoms with Crippen LogP contribution in [0.3, 0.4) is 0 Å². The molecule has 28 heavy (non-hydrogen) atoms. The maximum atomic E-state index is 6.22. The third kappa shape index (κ3) is 3.57. The van der Waals surface area contributed by atoms with Gasteiger partial charge in [-0.2, -0.15) is 0 Å². The molecule has 140 valence electrons. The molecular weight excluding hydrogens is 374 g/mol. The lowest BCUT2D eigenvalue weighted by molar-refractivity contribution is 0.395. The summed E-state index contributed by atoms with van der Waals surface area (Å²) in [7, 11) is 3.23. The lowest BCUT2D eigenvalue weighted by Gasteiger charge is -2.13. The Kier molecular flexibility index (Phi) is 5.00. The molecule has 0 aliphatic rings. The van der Waals surface area contributed by atoms with Crippen molar-refractivity contribution in [1.82, 2.24) is 9.97 Å². The highest BCUT2D eigenvalue weighted by Crippen LogP contribution is 2.33. The van der Waals surface area contributed by atoms with Gasteiger partial charge in [-0.25, -0.2) is 9.97 Å². The first-order chi connectivity index (χ1) is 13.7. The highest BCUT2D eigenvalue weighted by atomic mass is 35.5. The molecule has 0 unspecified atom stereocenters. The molecule has 1 aromatic heterocycles. The topological polar surface area (TPSA) is 56.3 Å². The van der Waals surface area contributed by atoms with Crippen LogP contribution in [-0.4, -0.2) is 24.2 Å². The number of anilines is 2. The van der Waals surface area contributed by atoms with Crippen molar-refractivity contribution in [2.45, 2.75) is 0 Å². The summed E-state index contributed by atoms with van der Waals surface area (Å²) in [6.45, 7) is 0. The summed E-state index contributed by atoms with van der Waals surface area (Å²) >= 11 is 6.22. The molecule has 0 spiro atoms. The molecule has 0 atom stereocenters. The molecule has 0 aliphatic heterocycles. The second-order valence-corrected chi connectivity index (χ2v) is 6.55. The highest BCUT2D eigenvalue weighted by molar-refractivity contribution is 6.31. The molecule has 0 saturated heterocycles. The fourth-order valence-electron chi connectivity index (χ4n) is 2.99. The molecule has 6 heteroatoms. The van der Waals surface area contributed by atoms with Gasteiger partial charge in [0.1, 0.15) is 11.5 Å². The zero-order chi connectivity index (χ0) is 19.5. The Hall–Kier alpha value is -3.31. The van der Waals surface area contributed by atoms with Crippen LogP contribution in [0.15, 0.2) is 66.7 Å². The fraction of sp³-hybridized carbons (Fsp3) is 0.0909. The zero-order valence-corrected chi connectivity index (χ0v) is 16.2. The number of halogens is 1. The summed E-state index contributed by atoms with van der Waals surface area (Å²) in [5.41, 5.74) is 3.34. The van der Waals surface area contributed by atoms with Gasteiger partial charge >= 0.3 is 0 Å². The second-order valence-electron chi connectivity index (χ2n) is 6.11. The number of aromatic nitrogens is 2. The van der Waals surface area contributed by atoms with Gasteiger partial charge in [-0.3, -0.25) is 0 Å². The summed E-state index contributed by atoms with van der Waals surface area (Å²) in [6.07, 6.45) is 0. The van der Waals surface area contributed by atoms with Crippen molar-refractivity contribution >= 4 is 34.1 Å². The van der Waals surface area contributed by atoms with Crippen LogP contribution in [0, 0.1) is 0 Å². The third-order valence-electron chi connectivity index (χ3n) is 4.36. The van der Waals surface area contributed by atoms with Gasteiger partial charge in [0.2, 0.25) is 5.95 Å². The van der Waals surface area contributed by atoms with Crippen molar-refractivity contribution in [3.8, 4) is 22.8 Å². The molecule has 5 nitrogen and oxygen atoms in total. The minimum Gasteiger partial charge on any atom is -0.497 e. The SMILES string of the molecule is COc1ccc(Nc2nc(-c3ccccc3)c3cc(Cl)ccc3n2)c(OC)c1. The van der Waals surface area contributed by atoms with Crippen molar-refractivity contribution in [2.24, 2.45) is 0 Å². The Morgan fingerprint density at radius 3 is 2.43 bits per heavy atom. The quantitative estimate of drug-likeness (QED) is 0.472. The van der Waals surface area contributed by atoms with Gasteiger partial charge in [0, 0.05) is 22.0 Å². The van der Waals surface area contributed by atoms with Gasteiger partial charge < -0.3 is 14.8 Å². The van der Waals surface area contributed by atoms with Crippen molar-refractivity contribution < 1.29 is 9.47 Å². The smallest absolute Gasteiger partial charge is 0.228 e. The van der Waals surface area contributed by atoms with Gasteiger partial charge in [-0.05, 0) is 30.3 Å². The number of benzene rings is 3. The number of nitrogens with zero attached hydrogens (tertiary/aromatic N) is 2. The standard InChI is InChI=1S/C22H18ClN3O2/c1-27-16-9-11-19(20(13-16)28-2)25-22-24-18-10-8-15(23)12-17(18)21(26-22)14-6-4-3-5-7-14/h3-13H,1-2H3,(H,24,25,26). The number of rotatable bonds is 5. The fourth-order valence-corrected chi connectivity index (χ4v) is 3.17. The van der Waals surface area contributed by atoms with E-state index in [1.54, 1.807) is 20.3 Å². The first-order valence-electron chi connectivity index (χ1n) is 8.69. The van der Waals surface area contributed by atoms with E-state index in [0.29, 0.717) is 22.5 Å². The Morgan fingerprint density at radius 2 is 1.68 bits per heavy atom. The van der Waals surface area contributed by atoms with Gasteiger partial charge in [0.15, 0.2) is 0 Å². The van der Waals surface area contributed by atoms with E-state index in [0.717, 1.165) is 27.8 Å². The maximum absolute atomic E-state index is 6.22. The van der Waals surface area contributed by atoms with Crippen LogP contribution in [-0.2, 0) is 0 Å². The normalized spacial score (nSPS) is 10.7. The highest BCUT2D eigenvalue weighted by Gasteiger charge is 2.12. The van der Waals surface area contributed by atoms with Crippen LogP contribution in [0.2, 0.25) is 5.02 Å². The van der Waals surface area contributed by atoms with Crippen molar-refractivity contribution in [3.63, 3.8) is 0 Å². The lowest BCUT2D eigenvalue weighted by Crippen LogP contribution is -2.01. The minimum absolute atomic E-state index is 0.470. The number of hydrogen-bond donors (Lipinski definition) is 1. The average Bonchev–Trinajstić information content (AvgIpc) is 2.74. The summed E-state index contributed by atoms with van der Waals surface area (Å²) < 4.78 is 10.7. The molecule has 1 N–H and O–H groups in total. The third-order valence-corrected chi connectivity index (χ3v) is 4.60. The Morgan fingerprint density at radius 1 is 0.857 bits per heavy atom. The largest absolute Gasteiger partial charge is 0.497 e. The predicted octanol–water partition coefficient (Wildman–Crippen LogP) is 5.71. The molecule has 4 aromatic rings. The molecule has 4 rings (SSSR count). The summed E-state index contributed by atoms with van der Waals surface area (Å²) in [4.78, 5) is 9.41. The summed E-state index contributed by atoms with van der Waals surface area (Å²) in [5, 5.41) is 4.79. The van der Waals surface area contributed by atoms with Crippen LogP contribution in [0.1, 0.15) is 0 Å². The number of hydrogen-bond acceptors (Lipinski definition) is 5. The number of fused-ring (bicyclic) bond motifs is 1. The number of nitrogens with one attached hydrogen (secondary N) is 1. The maximum Gasteiger partial charge on any atom is 0.228 e. The van der Waals surface area contributed by atoms with Crippen LogP contribution < -0.4 is 14.8 Å². The Balaban J connectivity index is 1.84. The Bertz CT molecular complexity index is 1130. The van der Waals surface area contributed by atoms with E-state index in [-0.39, 0.29) is 0 Å². The van der Waals surface area contributed by atoms with E-state index in [1.165, 1.54) is 0 Å². The van der Waals surface area contributed by atoms with E-state index in [1.807, 2.05) is 60.7 Å². The van der Waals surface area contributed by atoms with Gasteiger partial charge in [-0.15, -0.1) is 0 Å². The molecule has 0 radical (unpaired) electrons. The summed E-state index contributed by atoms with van der Waals surface area (Å²) in [6, 6.07) is 21.1. The van der Waals surface area contributed by atoms with Gasteiger partial charge in [-0.1, -0.05) is 41.9 Å². The second kappa shape index (κ2) is 7.74. The summed E-state index contributed by atoms with van der Waals surface area (Å²) in [5.74, 6) is 1.82. The number of ether oxygens (including phenoxy) is 2. The minimum atomic E-state index is 0.470. The first kappa shape index (κ1) is 18.1. The molecule has 0 amide bonds. The molecule has 1 heterocycles. The average molecular weight is 392 g/mol. The van der Waals surface area contributed by atoms with Crippen molar-refractivity contribution in [3.05, 3.63) is 71.8 Å². The van der Waals surface area contributed by atoms with Crippen molar-refractivity contribution in [1.29, 1.82) is 0 Å². The molecule has 0 bridgehead atoms. The molecular formula is C22H18ClN3O2. The van der Waals surface area contributed by atoms with Crippen LogP contribution in [0.5, 0.6) is 11.5 Å². The van der Waals surface area contributed by atoms with Crippen LogP contribution in [0.25, 0.3) is 22.2 Å². The van der Waals surface area contributed by atoms with E-state index < -0.39 is 0 Å². The predicted molar refractivity (Wildman–Crippen MR) is 113 cm³/mol. The van der Waals surface area contributed by atoms with Crippen LogP contribution in [0.4, 0.5) is 11.6 Å². The number of methoxy groups -OCH3 is 2. The van der Waals surface area contributed by atoms with E-state index in [2.05, 4.69) is 10.3 Å². The zero-order valence-electron chi connectivity index (χ0n) is 15.4. The van der Waals surface area contributed by atoms with Crippen LogP contribution >= 0.6 is 11.6 Å². The van der Waals surface area contributed by atoms with Gasteiger partial charge in [0.25, 0.3) is 0 Å². The monoisotopic (exact) mass is 391 g/mol. The van der Waals surface area contributed by atoms with Gasteiger partial charge in [0.05, 0.1) is 31.1 Å². The van der Waals surface area contributed by atoms with E-state index >= 15 is 0 Å². The van der Waals surface area contributed by atoms with E-state index in [9.17, 15) is 0 Å².